The maximum Gasteiger partial charge on any atom is 0.211 e. The molecule has 50 heavy (non-hydrogen) atoms. The Hall–Kier alpha value is -4.20. The minimum atomic E-state index is -3.50. The molecule has 1 unspecified atom stereocenters. The van der Waals surface area contributed by atoms with Crippen molar-refractivity contribution in [1.29, 1.82) is 0 Å². The van der Waals surface area contributed by atoms with Gasteiger partial charge in [0.1, 0.15) is 17.6 Å². The molecule has 5 aromatic rings. The molecule has 0 spiro atoms. The fourth-order valence-corrected chi connectivity index (χ4v) is 8.66. The van der Waals surface area contributed by atoms with E-state index in [4.69, 9.17) is 16.3 Å². The second-order valence-corrected chi connectivity index (χ2v) is 17.2. The first-order chi connectivity index (χ1) is 24.0. The van der Waals surface area contributed by atoms with Crippen molar-refractivity contribution in [2.45, 2.75) is 32.7 Å². The van der Waals surface area contributed by atoms with Crippen LogP contribution in [-0.4, -0.2) is 68.0 Å². The molecule has 0 bridgehead atoms. The Morgan fingerprint density at radius 2 is 1.72 bits per heavy atom. The SMILES string of the molecule is CC(C)(CO)CN(CCn1ccc2ncnc(Nc3ccc(OC4=CN(Cc5ccccc5)S(Cc5ccccc5)=C4)c(Cl)c3)c21)S(C)(=O)=O. The molecule has 1 atom stereocenters. The number of aliphatic hydroxyl groups is 1. The Labute approximate surface area is 301 Å². The van der Waals surface area contributed by atoms with Gasteiger partial charge in [0.15, 0.2) is 11.6 Å². The van der Waals surface area contributed by atoms with Gasteiger partial charge >= 0.3 is 0 Å². The summed E-state index contributed by atoms with van der Waals surface area (Å²) in [4.78, 5) is 8.91. The molecule has 0 amide bonds. The summed E-state index contributed by atoms with van der Waals surface area (Å²) < 4.78 is 37.1. The van der Waals surface area contributed by atoms with Gasteiger partial charge in [0.05, 0.1) is 29.5 Å². The van der Waals surface area contributed by atoms with E-state index in [1.807, 2.05) is 54.9 Å². The van der Waals surface area contributed by atoms with E-state index in [1.165, 1.54) is 28.0 Å². The van der Waals surface area contributed by atoms with Crippen molar-refractivity contribution in [3.05, 3.63) is 126 Å². The molecule has 6 rings (SSSR count). The van der Waals surface area contributed by atoms with Crippen molar-refractivity contribution in [2.24, 2.45) is 5.41 Å². The third kappa shape index (κ3) is 8.93. The third-order valence-electron chi connectivity index (χ3n) is 8.23. The average molecular weight is 733 g/mol. The number of benzene rings is 3. The summed E-state index contributed by atoms with van der Waals surface area (Å²) in [6.45, 7) is 5.09. The molecule has 2 N–H and O–H groups in total. The Bertz CT molecular complexity index is 2120. The second kappa shape index (κ2) is 15.4. The molecule has 1 aliphatic heterocycles. The molecule has 0 fully saturated rings. The first-order valence-corrected chi connectivity index (χ1v) is 19.8. The van der Waals surface area contributed by atoms with Crippen molar-refractivity contribution in [2.75, 3.05) is 31.3 Å². The number of allylic oxidation sites excluding steroid dienone is 1. The van der Waals surface area contributed by atoms with Crippen molar-refractivity contribution >= 4 is 60.2 Å². The van der Waals surface area contributed by atoms with Crippen LogP contribution in [0.1, 0.15) is 25.0 Å². The van der Waals surface area contributed by atoms with Gasteiger partial charge in [-0.2, -0.15) is 4.31 Å². The van der Waals surface area contributed by atoms with Gasteiger partial charge in [-0.25, -0.2) is 18.4 Å². The third-order valence-corrected chi connectivity index (χ3v) is 11.7. The molecular weight excluding hydrogens is 692 g/mol. The number of ether oxygens (including phenoxy) is 1. The van der Waals surface area contributed by atoms with E-state index in [1.54, 1.807) is 6.07 Å². The second-order valence-electron chi connectivity index (χ2n) is 13.0. The Morgan fingerprint density at radius 3 is 2.40 bits per heavy atom. The summed E-state index contributed by atoms with van der Waals surface area (Å²) in [5.74, 6) is 2.70. The molecule has 262 valence electrons. The Morgan fingerprint density at radius 1 is 1.00 bits per heavy atom. The van der Waals surface area contributed by atoms with Gasteiger partial charge in [0.25, 0.3) is 0 Å². The van der Waals surface area contributed by atoms with Crippen molar-refractivity contribution in [3.63, 3.8) is 0 Å². The highest BCUT2D eigenvalue weighted by atomic mass is 35.5. The number of nitrogens with one attached hydrogen (secondary N) is 1. The highest BCUT2D eigenvalue weighted by Gasteiger charge is 2.27. The van der Waals surface area contributed by atoms with Crippen LogP contribution in [0.5, 0.6) is 5.75 Å². The Kier molecular flexibility index (Phi) is 10.9. The van der Waals surface area contributed by atoms with E-state index in [0.717, 1.165) is 23.6 Å². The van der Waals surface area contributed by atoms with E-state index in [0.29, 0.717) is 34.3 Å². The molecule has 1 aliphatic rings. The van der Waals surface area contributed by atoms with E-state index in [-0.39, 0.29) is 30.4 Å². The van der Waals surface area contributed by atoms with Crippen LogP contribution >= 0.6 is 22.3 Å². The lowest BCUT2D eigenvalue weighted by Crippen LogP contribution is -2.41. The quantitative estimate of drug-likeness (QED) is 0.110. The van der Waals surface area contributed by atoms with Crippen LogP contribution in [0.3, 0.4) is 0 Å². The number of sulfonamides is 1. The first-order valence-electron chi connectivity index (χ1n) is 16.2. The fraction of sp³-hybridized carbons (Fsp3) is 0.270. The van der Waals surface area contributed by atoms with E-state index < -0.39 is 15.4 Å². The van der Waals surface area contributed by atoms with Gasteiger partial charge in [-0.15, -0.1) is 0 Å². The number of rotatable bonds is 15. The molecule has 0 saturated carbocycles. The minimum Gasteiger partial charge on any atom is -0.454 e. The van der Waals surface area contributed by atoms with Gasteiger partial charge < -0.3 is 24.0 Å². The smallest absolute Gasteiger partial charge is 0.211 e. The monoisotopic (exact) mass is 732 g/mol. The molecule has 2 aromatic heterocycles. The topological polar surface area (TPSA) is 113 Å². The largest absolute Gasteiger partial charge is 0.454 e. The number of anilines is 2. The van der Waals surface area contributed by atoms with Crippen molar-refractivity contribution in [1.82, 2.24) is 23.1 Å². The van der Waals surface area contributed by atoms with Crippen LogP contribution < -0.4 is 10.1 Å². The van der Waals surface area contributed by atoms with Crippen LogP contribution in [0, 0.1) is 5.41 Å². The first kappa shape index (κ1) is 35.6. The van der Waals surface area contributed by atoms with E-state index in [2.05, 4.69) is 79.7 Å². The predicted molar refractivity (Wildman–Crippen MR) is 204 cm³/mol. The zero-order valence-corrected chi connectivity index (χ0v) is 30.6. The minimum absolute atomic E-state index is 0.128. The molecular formula is C37H41ClN6O4S2. The zero-order valence-electron chi connectivity index (χ0n) is 28.2. The predicted octanol–water partition coefficient (Wildman–Crippen LogP) is 7.03. The van der Waals surface area contributed by atoms with Gasteiger partial charge in [-0.3, -0.25) is 0 Å². The molecule has 3 heterocycles. The van der Waals surface area contributed by atoms with Crippen LogP contribution in [-0.2, 0) is 28.9 Å². The summed E-state index contributed by atoms with van der Waals surface area (Å²) in [5, 5.41) is 15.7. The lowest BCUT2D eigenvalue weighted by molar-refractivity contribution is 0.133. The number of aromatic nitrogens is 3. The summed E-state index contributed by atoms with van der Waals surface area (Å²) in [7, 11) is -3.71. The fourth-order valence-electron chi connectivity index (χ4n) is 5.60. The Balaban J connectivity index is 1.19. The molecule has 0 radical (unpaired) electrons. The molecule has 3 aromatic carbocycles. The van der Waals surface area contributed by atoms with Crippen molar-refractivity contribution in [3.8, 4) is 5.75 Å². The van der Waals surface area contributed by atoms with Crippen LogP contribution in [0.25, 0.3) is 11.0 Å². The molecule has 0 aliphatic carbocycles. The van der Waals surface area contributed by atoms with Gasteiger partial charge in [0, 0.05) is 54.7 Å². The number of nitrogens with zero attached hydrogens (tertiary/aromatic N) is 5. The van der Waals surface area contributed by atoms with Crippen LogP contribution in [0.4, 0.5) is 11.5 Å². The van der Waals surface area contributed by atoms with Gasteiger partial charge in [0.2, 0.25) is 10.0 Å². The number of halogens is 1. The summed E-state index contributed by atoms with van der Waals surface area (Å²) in [6, 6.07) is 28.2. The normalized spacial score (nSPS) is 15.0. The maximum atomic E-state index is 12.6. The highest BCUT2D eigenvalue weighted by molar-refractivity contribution is 8.12. The van der Waals surface area contributed by atoms with Crippen molar-refractivity contribution < 1.29 is 18.3 Å². The van der Waals surface area contributed by atoms with Gasteiger partial charge in [-0.1, -0.05) is 96.8 Å². The van der Waals surface area contributed by atoms with Crippen LogP contribution in [0.15, 0.2) is 109 Å². The zero-order chi connectivity index (χ0) is 35.3. The molecule has 10 nitrogen and oxygen atoms in total. The maximum absolute atomic E-state index is 12.6. The van der Waals surface area contributed by atoms with E-state index in [9.17, 15) is 13.5 Å². The van der Waals surface area contributed by atoms with E-state index >= 15 is 0 Å². The number of hydrogen-bond donors (Lipinski definition) is 2. The summed E-state index contributed by atoms with van der Waals surface area (Å²) in [5.41, 5.74) is 4.05. The highest BCUT2D eigenvalue weighted by Crippen LogP contribution is 2.36. The number of aliphatic hydroxyl groups excluding tert-OH is 1. The summed E-state index contributed by atoms with van der Waals surface area (Å²) in [6.07, 6.45) is 6.59. The summed E-state index contributed by atoms with van der Waals surface area (Å²) >= 11 is 6.79. The number of hydrogen-bond acceptors (Lipinski definition) is 8. The van der Waals surface area contributed by atoms with Gasteiger partial charge in [-0.05, 0) is 35.4 Å². The lowest BCUT2D eigenvalue weighted by Gasteiger charge is -2.29. The number of fused-ring (bicyclic) bond motifs is 1. The van der Waals surface area contributed by atoms with Crippen LogP contribution in [0.2, 0.25) is 5.02 Å². The average Bonchev–Trinajstić information content (AvgIpc) is 3.68. The lowest BCUT2D eigenvalue weighted by atomic mass is 9.95. The molecule has 0 saturated heterocycles. The molecule has 13 heteroatoms. The standard InChI is InChI=1S/C37H41ClN6O4S2/c1-37(2,26-45)25-44(50(3,46)47)19-18-42-17-16-33-35(42)36(40-27-39-33)41-30-14-15-34(32(38)20-30)48-31-22-43(21-28-10-6-4-7-11-28)49(24-31)23-29-12-8-5-9-13-29/h4-17,20,22,24,27,45H,18-19,21,23,25-26H2,1-3H3,(H,39,40,41).